The number of hydrogen-bond acceptors (Lipinski definition) is 7. The summed E-state index contributed by atoms with van der Waals surface area (Å²) in [6.07, 6.45) is 14.7. The first-order chi connectivity index (χ1) is 20.8. The largest absolute Gasteiger partial charge is 0.389 e. The second-order valence-corrected chi connectivity index (χ2v) is 17.3. The Labute approximate surface area is 266 Å². The van der Waals surface area contributed by atoms with Crippen LogP contribution >= 0.6 is 0 Å². The summed E-state index contributed by atoms with van der Waals surface area (Å²) in [6, 6.07) is 0. The first-order valence-corrected chi connectivity index (χ1v) is 18.1. The molecule has 0 aromatic rings. The van der Waals surface area contributed by atoms with Crippen LogP contribution in [0.1, 0.15) is 113 Å². The molecule has 44 heavy (non-hydrogen) atoms. The van der Waals surface area contributed by atoms with Gasteiger partial charge in [0.1, 0.15) is 0 Å². The number of rotatable bonds is 6. The molecule has 7 heteroatoms. The average Bonchev–Trinajstić information content (AvgIpc) is 3.65. The summed E-state index contributed by atoms with van der Waals surface area (Å²) >= 11 is 0. The lowest BCUT2D eigenvalue weighted by atomic mass is 9.42. The van der Waals surface area contributed by atoms with Gasteiger partial charge >= 0.3 is 0 Å². The van der Waals surface area contributed by atoms with Crippen molar-refractivity contribution < 1.29 is 33.5 Å². The number of fused-ring (bicyclic) bond motifs is 7. The summed E-state index contributed by atoms with van der Waals surface area (Å²) < 4.78 is 38.4. The standard InChI is InChI=1S/C37H60O7/c1-23(28(38)14-15-33(2,3)44-32-10-8-9-17-39-32)25-11-12-26-24-21-37(40-18-19-41-37)31-20-29-30(43-34(4,5)42-29)22-36(31,7)27(24)13-16-35(25,26)6/h14-15,23-32,38H,8-13,16-22H2,1-7H3/b15-14-/t23-,24-,25+,26-,27-,28-,29-,30+,31?,32-,35+,36+/m0/s1. The highest BCUT2D eigenvalue weighted by Gasteiger charge is 2.70. The maximum Gasteiger partial charge on any atom is 0.172 e. The molecule has 7 aliphatic rings. The lowest BCUT2D eigenvalue weighted by Gasteiger charge is -2.65. The van der Waals surface area contributed by atoms with E-state index < -0.39 is 23.3 Å². The van der Waals surface area contributed by atoms with Crippen molar-refractivity contribution in [2.75, 3.05) is 19.8 Å². The van der Waals surface area contributed by atoms with Crippen molar-refractivity contribution in [2.24, 2.45) is 46.3 Å². The molecule has 7 fully saturated rings. The maximum atomic E-state index is 11.5. The summed E-state index contributed by atoms with van der Waals surface area (Å²) in [5.74, 6) is 1.77. The van der Waals surface area contributed by atoms with Gasteiger partial charge in [-0.1, -0.05) is 32.9 Å². The Balaban J connectivity index is 1.09. The molecule has 0 bridgehead atoms. The van der Waals surface area contributed by atoms with E-state index >= 15 is 0 Å². The predicted molar refractivity (Wildman–Crippen MR) is 168 cm³/mol. The molecule has 1 unspecified atom stereocenters. The topological polar surface area (TPSA) is 75.6 Å². The zero-order valence-corrected chi connectivity index (χ0v) is 28.5. The van der Waals surface area contributed by atoms with Crippen LogP contribution in [0.3, 0.4) is 0 Å². The molecular formula is C37H60O7. The highest BCUT2D eigenvalue weighted by Crippen LogP contribution is 2.71. The lowest BCUT2D eigenvalue weighted by molar-refractivity contribution is -0.300. The van der Waals surface area contributed by atoms with Crippen molar-refractivity contribution in [3.63, 3.8) is 0 Å². The fourth-order valence-electron chi connectivity index (χ4n) is 11.9. The van der Waals surface area contributed by atoms with Gasteiger partial charge in [0.2, 0.25) is 0 Å². The smallest absolute Gasteiger partial charge is 0.172 e. The van der Waals surface area contributed by atoms with Crippen molar-refractivity contribution in [1.82, 2.24) is 0 Å². The molecule has 1 spiro atoms. The van der Waals surface area contributed by atoms with E-state index in [1.54, 1.807) is 0 Å². The molecule has 4 saturated carbocycles. The van der Waals surface area contributed by atoms with Crippen LogP contribution in [0.15, 0.2) is 12.2 Å². The highest BCUT2D eigenvalue weighted by atomic mass is 16.8. The molecule has 4 aliphatic carbocycles. The van der Waals surface area contributed by atoms with Crippen LogP contribution in [0.25, 0.3) is 0 Å². The molecular weight excluding hydrogens is 556 g/mol. The molecule has 0 aromatic heterocycles. The third-order valence-electron chi connectivity index (χ3n) is 13.8. The van der Waals surface area contributed by atoms with Crippen LogP contribution in [0.2, 0.25) is 0 Å². The highest BCUT2D eigenvalue weighted by molar-refractivity contribution is 5.16. The van der Waals surface area contributed by atoms with E-state index in [9.17, 15) is 5.11 Å². The minimum atomic E-state index is -0.524. The van der Waals surface area contributed by atoms with Crippen molar-refractivity contribution in [3.8, 4) is 0 Å². The van der Waals surface area contributed by atoms with Gasteiger partial charge < -0.3 is 33.5 Å². The summed E-state index contributed by atoms with van der Waals surface area (Å²) in [4.78, 5) is 0. The molecule has 250 valence electrons. The third kappa shape index (κ3) is 5.37. The SMILES string of the molecule is C[C@@H]([C@H]1CC[C@H]2[C@@H]3CC4(OCCO4)C4C[C@@H]5OC(C)(C)O[C@@H]5C[C@]4(C)[C@H]3CC[C@]12C)[C@@H](O)/C=C\C(C)(C)O[C@H]1CCCCO1. The van der Waals surface area contributed by atoms with Crippen molar-refractivity contribution in [2.45, 2.75) is 154 Å². The molecule has 12 atom stereocenters. The van der Waals surface area contributed by atoms with E-state index in [1.165, 1.54) is 25.7 Å². The quantitative estimate of drug-likeness (QED) is 0.322. The Morgan fingerprint density at radius 1 is 0.864 bits per heavy atom. The van der Waals surface area contributed by atoms with Crippen molar-refractivity contribution in [1.29, 1.82) is 0 Å². The molecule has 7 nitrogen and oxygen atoms in total. The third-order valence-corrected chi connectivity index (χ3v) is 13.8. The van der Waals surface area contributed by atoms with Gasteiger partial charge in [0, 0.05) is 18.9 Å². The van der Waals surface area contributed by atoms with Gasteiger partial charge in [0.15, 0.2) is 17.9 Å². The summed E-state index contributed by atoms with van der Waals surface area (Å²) in [7, 11) is 0. The normalized spacial score (nSPS) is 47.6. The van der Waals surface area contributed by atoms with E-state index in [0.29, 0.717) is 42.8 Å². The zero-order valence-electron chi connectivity index (χ0n) is 28.5. The molecule has 7 rings (SSSR count). The predicted octanol–water partition coefficient (Wildman–Crippen LogP) is 7.00. The molecule has 0 amide bonds. The lowest BCUT2D eigenvalue weighted by Crippen LogP contribution is -2.65. The molecule has 0 aromatic carbocycles. The minimum absolute atomic E-state index is 0.0963. The van der Waals surface area contributed by atoms with Gasteiger partial charge in [-0.2, -0.15) is 0 Å². The first-order valence-electron chi connectivity index (χ1n) is 18.1. The van der Waals surface area contributed by atoms with Crippen LogP contribution in [-0.2, 0) is 28.4 Å². The summed E-state index contributed by atoms with van der Waals surface area (Å²) in [5, 5.41) is 11.5. The van der Waals surface area contributed by atoms with Crippen molar-refractivity contribution in [3.05, 3.63) is 12.2 Å². The van der Waals surface area contributed by atoms with Crippen LogP contribution < -0.4 is 0 Å². The Hall–Kier alpha value is -0.540. The Morgan fingerprint density at radius 3 is 2.32 bits per heavy atom. The maximum absolute atomic E-state index is 11.5. The van der Waals surface area contributed by atoms with E-state index in [1.807, 2.05) is 6.08 Å². The Kier molecular flexibility index (Phi) is 8.21. The van der Waals surface area contributed by atoms with Crippen LogP contribution in [0.4, 0.5) is 0 Å². The van der Waals surface area contributed by atoms with Gasteiger partial charge in [0.25, 0.3) is 0 Å². The molecule has 1 N–H and O–H groups in total. The number of aliphatic hydroxyl groups is 1. The Morgan fingerprint density at radius 2 is 1.59 bits per heavy atom. The van der Waals surface area contributed by atoms with Crippen molar-refractivity contribution >= 4 is 0 Å². The van der Waals surface area contributed by atoms with Gasteiger partial charge in [0.05, 0.1) is 37.1 Å². The Bertz CT molecular complexity index is 1080. The van der Waals surface area contributed by atoms with Crippen LogP contribution in [0, 0.1) is 46.3 Å². The molecule has 3 heterocycles. The molecule has 3 saturated heterocycles. The van der Waals surface area contributed by atoms with Gasteiger partial charge in [-0.3, -0.25) is 0 Å². The average molecular weight is 617 g/mol. The summed E-state index contributed by atoms with van der Waals surface area (Å²) in [6.45, 7) is 17.8. The second-order valence-electron chi connectivity index (χ2n) is 17.3. The molecule has 3 aliphatic heterocycles. The molecule has 0 radical (unpaired) electrons. The van der Waals surface area contributed by atoms with E-state index in [0.717, 1.165) is 45.1 Å². The number of hydrogen-bond donors (Lipinski definition) is 1. The first kappa shape index (κ1) is 32.0. The van der Waals surface area contributed by atoms with Crippen LogP contribution in [0.5, 0.6) is 0 Å². The number of aliphatic hydroxyl groups excluding tert-OH is 1. The number of ether oxygens (including phenoxy) is 6. The van der Waals surface area contributed by atoms with E-state index in [4.69, 9.17) is 28.4 Å². The van der Waals surface area contributed by atoms with E-state index in [-0.39, 0.29) is 35.2 Å². The van der Waals surface area contributed by atoms with Gasteiger partial charge in [-0.05, 0) is 126 Å². The second kappa shape index (κ2) is 11.3. The van der Waals surface area contributed by atoms with Gasteiger partial charge in [-0.15, -0.1) is 0 Å². The van der Waals surface area contributed by atoms with Crippen LogP contribution in [-0.4, -0.2) is 66.7 Å². The van der Waals surface area contributed by atoms with E-state index in [2.05, 4.69) is 54.5 Å². The van der Waals surface area contributed by atoms with Gasteiger partial charge in [-0.25, -0.2) is 0 Å². The fraction of sp³-hybridized carbons (Fsp3) is 0.946. The minimum Gasteiger partial charge on any atom is -0.389 e. The fourth-order valence-corrected chi connectivity index (χ4v) is 11.9. The summed E-state index contributed by atoms with van der Waals surface area (Å²) in [5.41, 5.74) is -0.180. The monoisotopic (exact) mass is 616 g/mol. The zero-order chi connectivity index (χ0) is 31.1.